The highest BCUT2D eigenvalue weighted by molar-refractivity contribution is 6.45. The second kappa shape index (κ2) is 7.24. The summed E-state index contributed by atoms with van der Waals surface area (Å²) in [6.07, 6.45) is 4.46. The summed E-state index contributed by atoms with van der Waals surface area (Å²) in [5, 5.41) is 9.57. The number of carbonyl (C=O) groups is 1. The van der Waals surface area contributed by atoms with Crippen molar-refractivity contribution >= 4 is 29.2 Å². The molecular formula is C20H25Cl2NO5. The molecule has 1 aromatic rings. The van der Waals surface area contributed by atoms with Gasteiger partial charge in [0.05, 0.1) is 16.7 Å². The van der Waals surface area contributed by atoms with Crippen LogP contribution in [0.2, 0.25) is 10.0 Å². The van der Waals surface area contributed by atoms with Crippen LogP contribution in [0.15, 0.2) is 0 Å². The third kappa shape index (κ3) is 3.15. The van der Waals surface area contributed by atoms with Gasteiger partial charge in [0, 0.05) is 44.6 Å². The van der Waals surface area contributed by atoms with Crippen LogP contribution in [0.3, 0.4) is 0 Å². The highest BCUT2D eigenvalue weighted by Gasteiger charge is 2.49. The van der Waals surface area contributed by atoms with Gasteiger partial charge in [-0.15, -0.1) is 0 Å². The Morgan fingerprint density at radius 2 is 1.75 bits per heavy atom. The Labute approximate surface area is 174 Å². The van der Waals surface area contributed by atoms with Crippen molar-refractivity contribution in [2.45, 2.75) is 57.5 Å². The molecule has 2 heterocycles. The van der Waals surface area contributed by atoms with Crippen molar-refractivity contribution in [2.24, 2.45) is 5.92 Å². The maximum Gasteiger partial charge on any atom is 0.337 e. The lowest BCUT2D eigenvalue weighted by Gasteiger charge is -2.47. The Morgan fingerprint density at radius 3 is 2.32 bits per heavy atom. The quantitative estimate of drug-likeness (QED) is 0.765. The van der Waals surface area contributed by atoms with Crippen LogP contribution in [0.5, 0.6) is 11.5 Å². The summed E-state index contributed by atoms with van der Waals surface area (Å²) >= 11 is 12.5. The molecular weight excluding hydrogens is 405 g/mol. The van der Waals surface area contributed by atoms with E-state index in [1.165, 1.54) is 0 Å². The predicted octanol–water partition coefficient (Wildman–Crippen LogP) is 4.38. The van der Waals surface area contributed by atoms with Crippen LogP contribution in [0, 0.1) is 12.8 Å². The van der Waals surface area contributed by atoms with E-state index in [4.69, 9.17) is 37.4 Å². The largest absolute Gasteiger partial charge is 0.478 e. The molecule has 4 rings (SSSR count). The number of carboxylic acid groups (broad SMARTS) is 1. The maximum atomic E-state index is 11.6. The minimum absolute atomic E-state index is 0.00699. The Morgan fingerprint density at radius 1 is 1.14 bits per heavy atom. The standard InChI is InChI=1S/C20H25Cl2NO5/c1-10-14(19(24)25)15(21)16(22)18-17(10)27-20(2,28-18)11-4-6-12(7-5-11)23-8-13(9-23)26-3/h11-13H,4-9H2,1-3H3,(H,24,25). The van der Waals surface area contributed by atoms with Gasteiger partial charge in [0.15, 0.2) is 11.5 Å². The van der Waals surface area contributed by atoms with Gasteiger partial charge in [-0.2, -0.15) is 0 Å². The smallest absolute Gasteiger partial charge is 0.337 e. The summed E-state index contributed by atoms with van der Waals surface area (Å²) in [4.78, 5) is 14.1. The molecule has 6 nitrogen and oxygen atoms in total. The van der Waals surface area contributed by atoms with Crippen LogP contribution < -0.4 is 9.47 Å². The van der Waals surface area contributed by atoms with E-state index in [0.29, 0.717) is 29.2 Å². The minimum atomic E-state index is -1.13. The number of fused-ring (bicyclic) bond motifs is 1. The summed E-state index contributed by atoms with van der Waals surface area (Å²) in [5.41, 5.74) is 0.410. The summed E-state index contributed by atoms with van der Waals surface area (Å²) in [6, 6.07) is 0.577. The highest BCUT2D eigenvalue weighted by atomic mass is 35.5. The summed E-state index contributed by atoms with van der Waals surface area (Å²) in [5.74, 6) is -1.06. The van der Waals surface area contributed by atoms with Crippen LogP contribution in [0.1, 0.15) is 48.5 Å². The fraction of sp³-hybridized carbons (Fsp3) is 0.650. The van der Waals surface area contributed by atoms with E-state index in [1.807, 2.05) is 6.92 Å². The molecule has 0 aromatic heterocycles. The van der Waals surface area contributed by atoms with Crippen LogP contribution in [0.4, 0.5) is 0 Å². The molecule has 28 heavy (non-hydrogen) atoms. The van der Waals surface area contributed by atoms with Crippen molar-refractivity contribution < 1.29 is 24.1 Å². The molecule has 0 bridgehead atoms. The molecule has 1 saturated heterocycles. The van der Waals surface area contributed by atoms with E-state index in [1.54, 1.807) is 14.0 Å². The molecule has 2 fully saturated rings. The number of carboxylic acids is 1. The number of methoxy groups -OCH3 is 1. The SMILES string of the molecule is COC1CN(C2CCC(C3(C)Oc4c(C)c(C(=O)O)c(Cl)c(Cl)c4O3)CC2)C1. The molecule has 0 amide bonds. The molecule has 2 aliphatic heterocycles. The van der Waals surface area contributed by atoms with Crippen molar-refractivity contribution in [1.29, 1.82) is 0 Å². The van der Waals surface area contributed by atoms with Crippen LogP contribution in [-0.4, -0.2) is 54.1 Å². The molecule has 1 aromatic carbocycles. The van der Waals surface area contributed by atoms with Gasteiger partial charge >= 0.3 is 5.97 Å². The fourth-order valence-electron chi connectivity index (χ4n) is 4.70. The van der Waals surface area contributed by atoms with E-state index in [0.717, 1.165) is 38.8 Å². The van der Waals surface area contributed by atoms with E-state index < -0.39 is 11.8 Å². The van der Waals surface area contributed by atoms with Gasteiger partial charge in [0.25, 0.3) is 5.79 Å². The minimum Gasteiger partial charge on any atom is -0.478 e. The Hall–Kier alpha value is -1.21. The summed E-state index contributed by atoms with van der Waals surface area (Å²) in [7, 11) is 1.77. The van der Waals surface area contributed by atoms with Gasteiger partial charge in [-0.3, -0.25) is 4.90 Å². The molecule has 1 atom stereocenters. The number of benzene rings is 1. The first-order valence-corrected chi connectivity index (χ1v) is 10.4. The Bertz CT molecular complexity index is 803. The van der Waals surface area contributed by atoms with E-state index in [9.17, 15) is 9.90 Å². The summed E-state index contributed by atoms with van der Waals surface area (Å²) < 4.78 is 17.7. The topological polar surface area (TPSA) is 68.2 Å². The van der Waals surface area contributed by atoms with Crippen molar-refractivity contribution in [3.05, 3.63) is 21.2 Å². The third-order valence-corrected chi connectivity index (χ3v) is 7.36. The number of rotatable bonds is 4. The normalized spacial score (nSPS) is 30.3. The molecule has 1 N–H and O–H groups in total. The lowest BCUT2D eigenvalue weighted by Crippen LogP contribution is -2.57. The first-order chi connectivity index (χ1) is 13.2. The number of aromatic carboxylic acids is 1. The first-order valence-electron chi connectivity index (χ1n) is 9.64. The van der Waals surface area contributed by atoms with E-state index in [2.05, 4.69) is 4.90 Å². The van der Waals surface area contributed by atoms with Crippen molar-refractivity contribution in [1.82, 2.24) is 4.90 Å². The van der Waals surface area contributed by atoms with Crippen LogP contribution in [0.25, 0.3) is 0 Å². The third-order valence-electron chi connectivity index (χ3n) is 6.52. The first kappa shape index (κ1) is 20.1. The maximum absolute atomic E-state index is 11.6. The number of likely N-dealkylation sites (tertiary alicyclic amines) is 1. The lowest BCUT2D eigenvalue weighted by molar-refractivity contribution is -0.130. The molecule has 1 unspecified atom stereocenters. The molecule has 0 spiro atoms. The predicted molar refractivity (Wildman–Crippen MR) is 106 cm³/mol. The van der Waals surface area contributed by atoms with Crippen molar-refractivity contribution in [3.8, 4) is 11.5 Å². The van der Waals surface area contributed by atoms with Crippen molar-refractivity contribution in [2.75, 3.05) is 20.2 Å². The van der Waals surface area contributed by atoms with Crippen molar-refractivity contribution in [3.63, 3.8) is 0 Å². The van der Waals surface area contributed by atoms with Gasteiger partial charge in [0.1, 0.15) is 5.02 Å². The van der Waals surface area contributed by atoms with Crippen LogP contribution >= 0.6 is 23.2 Å². The zero-order valence-corrected chi connectivity index (χ0v) is 17.8. The molecule has 1 aliphatic carbocycles. The lowest BCUT2D eigenvalue weighted by atomic mass is 9.80. The second-order valence-electron chi connectivity index (χ2n) is 8.13. The average molecular weight is 430 g/mol. The van der Waals surface area contributed by atoms with Gasteiger partial charge < -0.3 is 19.3 Å². The van der Waals surface area contributed by atoms with Gasteiger partial charge in [-0.25, -0.2) is 4.79 Å². The molecule has 0 radical (unpaired) electrons. The zero-order chi connectivity index (χ0) is 20.2. The monoisotopic (exact) mass is 429 g/mol. The Kier molecular flexibility index (Phi) is 5.19. The number of hydrogen-bond donors (Lipinski definition) is 1. The molecule has 154 valence electrons. The Balaban J connectivity index is 1.49. The average Bonchev–Trinajstić information content (AvgIpc) is 2.99. The fourth-order valence-corrected chi connectivity index (χ4v) is 5.23. The molecule has 3 aliphatic rings. The molecule has 8 heteroatoms. The zero-order valence-electron chi connectivity index (χ0n) is 16.3. The number of halogens is 2. The van der Waals surface area contributed by atoms with Crippen LogP contribution in [-0.2, 0) is 4.74 Å². The van der Waals surface area contributed by atoms with Gasteiger partial charge in [-0.1, -0.05) is 23.2 Å². The number of hydrogen-bond acceptors (Lipinski definition) is 5. The molecule has 1 saturated carbocycles. The summed E-state index contributed by atoms with van der Waals surface area (Å²) in [6.45, 7) is 5.60. The second-order valence-corrected chi connectivity index (χ2v) is 8.88. The van der Waals surface area contributed by atoms with Gasteiger partial charge in [-0.05, 0) is 32.6 Å². The number of nitrogens with zero attached hydrogens (tertiary/aromatic N) is 1. The van der Waals surface area contributed by atoms with Gasteiger partial charge in [0.2, 0.25) is 0 Å². The van der Waals surface area contributed by atoms with E-state index in [-0.39, 0.29) is 21.5 Å². The highest BCUT2D eigenvalue weighted by Crippen LogP contribution is 2.54. The van der Waals surface area contributed by atoms with E-state index >= 15 is 0 Å². The number of ether oxygens (including phenoxy) is 3.